The highest BCUT2D eigenvalue weighted by Crippen LogP contribution is 2.26. The maximum atomic E-state index is 13.0. The fourth-order valence-corrected chi connectivity index (χ4v) is 8.04. The Kier molecular flexibility index (Phi) is 34.0. The van der Waals surface area contributed by atoms with Gasteiger partial charge in [-0.25, -0.2) is 0 Å². The minimum atomic E-state index is -1.76. The number of hydrogen-bond acceptors (Lipinski definition) is 15. The molecule has 2 heterocycles. The van der Waals surface area contributed by atoms with E-state index in [4.69, 9.17) is 28.4 Å². The molecule has 2 rings (SSSR count). The Balaban J connectivity index is 1.82. The largest absolute Gasteiger partial charge is 0.462 e. The molecule has 0 aromatic carbocycles. The lowest BCUT2D eigenvalue weighted by Crippen LogP contribution is -2.61. The second kappa shape index (κ2) is 37.2. The summed E-state index contributed by atoms with van der Waals surface area (Å²) in [6, 6.07) is 0. The minimum Gasteiger partial charge on any atom is -0.462 e. The van der Waals surface area contributed by atoms with E-state index in [1.165, 1.54) is 109 Å². The number of carbonyl (C=O) groups excluding carboxylic acids is 2. The van der Waals surface area contributed by atoms with E-state index in [1.807, 2.05) is 0 Å². The van der Waals surface area contributed by atoms with Gasteiger partial charge in [-0.3, -0.25) is 9.59 Å². The van der Waals surface area contributed by atoms with Gasteiger partial charge in [-0.2, -0.15) is 0 Å². The molecule has 376 valence electrons. The van der Waals surface area contributed by atoms with Crippen molar-refractivity contribution in [1.82, 2.24) is 0 Å². The van der Waals surface area contributed by atoms with Crippen LogP contribution in [-0.2, 0) is 38.0 Å². The van der Waals surface area contributed by atoms with Crippen molar-refractivity contribution in [2.24, 2.45) is 0 Å². The van der Waals surface area contributed by atoms with Crippen molar-refractivity contribution in [1.29, 1.82) is 0 Å². The summed E-state index contributed by atoms with van der Waals surface area (Å²) in [5.41, 5.74) is 0. The Morgan fingerprint density at radius 3 is 1.39 bits per heavy atom. The van der Waals surface area contributed by atoms with E-state index < -0.39 is 92.7 Å². The third-order valence-corrected chi connectivity index (χ3v) is 12.2. The molecule has 15 nitrogen and oxygen atoms in total. The van der Waals surface area contributed by atoms with Crippen LogP contribution in [0.4, 0.5) is 0 Å². The molecule has 0 saturated carbocycles. The Morgan fingerprint density at radius 2 is 0.891 bits per heavy atom. The summed E-state index contributed by atoms with van der Waals surface area (Å²) in [7, 11) is 0. The van der Waals surface area contributed by atoms with Crippen molar-refractivity contribution in [3.8, 4) is 0 Å². The topological polar surface area (TPSA) is 231 Å². The molecule has 2 aliphatic heterocycles. The first-order chi connectivity index (χ1) is 31.0. The van der Waals surface area contributed by atoms with Crippen LogP contribution in [0, 0.1) is 0 Å². The van der Waals surface area contributed by atoms with Crippen LogP contribution < -0.4 is 0 Å². The molecular formula is C49H90O15. The first-order valence-corrected chi connectivity index (χ1v) is 25.3. The molecule has 15 heteroatoms. The molecule has 0 aromatic heterocycles. The van der Waals surface area contributed by atoms with Crippen molar-refractivity contribution in [2.45, 2.75) is 261 Å². The molecule has 0 bridgehead atoms. The molecule has 0 radical (unpaired) electrons. The van der Waals surface area contributed by atoms with E-state index in [0.717, 1.165) is 44.9 Å². The molecule has 2 saturated heterocycles. The number of unbranched alkanes of at least 4 members (excludes halogenated alkanes) is 23. The lowest BCUT2D eigenvalue weighted by Gasteiger charge is -2.42. The van der Waals surface area contributed by atoms with E-state index in [2.05, 4.69) is 26.0 Å². The number of carbonyl (C=O) groups is 2. The van der Waals surface area contributed by atoms with Crippen LogP contribution in [0.25, 0.3) is 0 Å². The highest BCUT2D eigenvalue weighted by molar-refractivity contribution is 5.70. The molecule has 2 fully saturated rings. The van der Waals surface area contributed by atoms with Crippen LogP contribution in [0.5, 0.6) is 0 Å². The zero-order valence-corrected chi connectivity index (χ0v) is 39.5. The maximum Gasteiger partial charge on any atom is 0.306 e. The number of hydrogen-bond donors (Lipinski definition) is 7. The predicted octanol–water partition coefficient (Wildman–Crippen LogP) is 6.60. The molecule has 0 aliphatic carbocycles. The lowest BCUT2D eigenvalue weighted by atomic mass is 9.98. The average molecular weight is 919 g/mol. The van der Waals surface area contributed by atoms with E-state index >= 15 is 0 Å². The van der Waals surface area contributed by atoms with E-state index in [9.17, 15) is 45.3 Å². The molecule has 0 spiro atoms. The first-order valence-electron chi connectivity index (χ1n) is 25.3. The van der Waals surface area contributed by atoms with Gasteiger partial charge in [-0.05, 0) is 38.5 Å². The van der Waals surface area contributed by atoms with Gasteiger partial charge in [0.2, 0.25) is 0 Å². The Morgan fingerprint density at radius 1 is 0.484 bits per heavy atom. The number of aliphatic hydroxyl groups is 7. The van der Waals surface area contributed by atoms with Crippen LogP contribution >= 0.6 is 0 Å². The van der Waals surface area contributed by atoms with Crippen LogP contribution in [0.2, 0.25) is 0 Å². The predicted molar refractivity (Wildman–Crippen MR) is 243 cm³/mol. The van der Waals surface area contributed by atoms with Crippen molar-refractivity contribution in [3.63, 3.8) is 0 Å². The Bertz CT molecular complexity index is 1170. The summed E-state index contributed by atoms with van der Waals surface area (Å²) >= 11 is 0. The summed E-state index contributed by atoms with van der Waals surface area (Å²) < 4.78 is 33.5. The first kappa shape index (κ1) is 58.4. The van der Waals surface area contributed by atoms with Gasteiger partial charge in [0.15, 0.2) is 18.7 Å². The minimum absolute atomic E-state index is 0.149. The van der Waals surface area contributed by atoms with Gasteiger partial charge in [0, 0.05) is 12.8 Å². The molecule has 0 aromatic rings. The zero-order valence-electron chi connectivity index (χ0n) is 39.5. The highest BCUT2D eigenvalue weighted by Gasteiger charge is 2.47. The van der Waals surface area contributed by atoms with E-state index in [0.29, 0.717) is 12.8 Å². The van der Waals surface area contributed by atoms with Gasteiger partial charge >= 0.3 is 11.9 Å². The molecule has 64 heavy (non-hydrogen) atoms. The van der Waals surface area contributed by atoms with Crippen LogP contribution in [0.3, 0.4) is 0 Å². The number of aliphatic hydroxyl groups excluding tert-OH is 7. The molecule has 7 N–H and O–H groups in total. The van der Waals surface area contributed by atoms with E-state index in [-0.39, 0.29) is 26.1 Å². The van der Waals surface area contributed by atoms with Gasteiger partial charge in [0.05, 0.1) is 19.8 Å². The van der Waals surface area contributed by atoms with Crippen molar-refractivity contribution >= 4 is 11.9 Å². The standard InChI is InChI=1S/C49H90O15/c1-3-5-7-9-11-13-15-17-18-20-21-23-25-27-29-31-40(51)59-34-37(62-41(52)32-30-28-26-24-22-19-16-14-12-10-8-6-4-2)35-60-48-47(58)45(56)43(54)39(64-48)36-61-49-46(57)44(55)42(53)38(33-50)63-49/h19,22,37-39,42-50,53-58H,3-18,20-21,23-36H2,1-2H3/b22-19+/t37-,38-,39-,42+,43+,44?,45?,46?,47?,48-,49-/m1/s1. The average Bonchev–Trinajstić information content (AvgIpc) is 3.29. The summed E-state index contributed by atoms with van der Waals surface area (Å²) in [6.07, 6.45) is 18.2. The fraction of sp³-hybridized carbons (Fsp3) is 0.918. The normalized spacial score (nSPS) is 26.6. The van der Waals surface area contributed by atoms with E-state index in [1.54, 1.807) is 0 Å². The molecule has 11 atom stereocenters. The second-order valence-electron chi connectivity index (χ2n) is 18.0. The number of rotatable bonds is 39. The number of ether oxygens (including phenoxy) is 6. The number of allylic oxidation sites excluding steroid dienone is 2. The molecular weight excluding hydrogens is 829 g/mol. The van der Waals surface area contributed by atoms with Gasteiger partial charge in [-0.15, -0.1) is 0 Å². The smallest absolute Gasteiger partial charge is 0.306 e. The summed E-state index contributed by atoms with van der Waals surface area (Å²) in [5.74, 6) is -0.935. The SMILES string of the molecule is CCCCCCCC/C=C/CCCCCC(=O)O[C@H](COC(=O)CCCCCCCCCCCCCCCCC)CO[C@@H]1O[C@H](CO[C@@H]2O[C@H](CO)[C@H](O)C(O)C2O)[C@H](O)C(O)C1O. The Hall–Kier alpha value is -1.76. The van der Waals surface area contributed by atoms with Gasteiger partial charge in [0.1, 0.15) is 55.4 Å². The third kappa shape index (κ3) is 25.4. The maximum absolute atomic E-state index is 13.0. The fourth-order valence-electron chi connectivity index (χ4n) is 8.04. The van der Waals surface area contributed by atoms with Crippen LogP contribution in [0.1, 0.15) is 194 Å². The molecule has 0 amide bonds. The summed E-state index contributed by atoms with van der Waals surface area (Å²) in [4.78, 5) is 25.7. The monoisotopic (exact) mass is 919 g/mol. The second-order valence-corrected chi connectivity index (χ2v) is 18.0. The summed E-state index contributed by atoms with van der Waals surface area (Å²) in [6.45, 7) is 2.58. The Labute approximate surface area is 384 Å². The van der Waals surface area contributed by atoms with Crippen LogP contribution in [0.15, 0.2) is 12.2 Å². The number of esters is 2. The van der Waals surface area contributed by atoms with Gasteiger partial charge < -0.3 is 64.2 Å². The molecule has 2 aliphatic rings. The van der Waals surface area contributed by atoms with Crippen molar-refractivity contribution in [2.75, 3.05) is 26.4 Å². The van der Waals surface area contributed by atoms with Crippen molar-refractivity contribution in [3.05, 3.63) is 12.2 Å². The molecule has 4 unspecified atom stereocenters. The summed E-state index contributed by atoms with van der Waals surface area (Å²) in [5, 5.41) is 72.0. The van der Waals surface area contributed by atoms with Crippen LogP contribution in [-0.4, -0.2) is 142 Å². The highest BCUT2D eigenvalue weighted by atomic mass is 16.7. The van der Waals surface area contributed by atoms with Gasteiger partial charge in [-0.1, -0.05) is 154 Å². The quantitative estimate of drug-likeness (QED) is 0.0196. The van der Waals surface area contributed by atoms with Gasteiger partial charge in [0.25, 0.3) is 0 Å². The zero-order chi connectivity index (χ0) is 46.8. The van der Waals surface area contributed by atoms with Crippen molar-refractivity contribution < 1.29 is 73.8 Å². The lowest BCUT2D eigenvalue weighted by molar-refractivity contribution is -0.332. The third-order valence-electron chi connectivity index (χ3n) is 12.2.